The molecule has 0 spiro atoms. The molecular formula is C11H21NO3. The molecule has 2 heterocycles. The molecule has 0 aliphatic carbocycles. The van der Waals surface area contributed by atoms with Crippen LogP contribution in [-0.4, -0.2) is 62.2 Å². The van der Waals surface area contributed by atoms with E-state index in [1.54, 1.807) is 0 Å². The van der Waals surface area contributed by atoms with Crippen LogP contribution in [0, 0.1) is 5.92 Å². The molecule has 0 aromatic heterocycles. The quantitative estimate of drug-likeness (QED) is 0.710. The molecule has 0 bridgehead atoms. The van der Waals surface area contributed by atoms with Gasteiger partial charge < -0.3 is 19.5 Å². The van der Waals surface area contributed by atoms with Crippen molar-refractivity contribution in [2.75, 3.05) is 46.1 Å². The molecule has 2 aliphatic heterocycles. The van der Waals surface area contributed by atoms with Crippen molar-refractivity contribution in [3.05, 3.63) is 0 Å². The summed E-state index contributed by atoms with van der Waals surface area (Å²) in [4.78, 5) is 2.38. The number of ether oxygens (including phenoxy) is 2. The lowest BCUT2D eigenvalue weighted by Crippen LogP contribution is -2.41. The van der Waals surface area contributed by atoms with E-state index in [1.165, 1.54) is 0 Å². The van der Waals surface area contributed by atoms with Gasteiger partial charge >= 0.3 is 0 Å². The van der Waals surface area contributed by atoms with Crippen molar-refractivity contribution in [2.45, 2.75) is 18.9 Å². The van der Waals surface area contributed by atoms with Gasteiger partial charge in [-0.2, -0.15) is 0 Å². The molecule has 2 rings (SSSR count). The highest BCUT2D eigenvalue weighted by Gasteiger charge is 2.25. The van der Waals surface area contributed by atoms with Crippen LogP contribution in [0.5, 0.6) is 0 Å². The number of aliphatic hydroxyl groups excluding tert-OH is 1. The van der Waals surface area contributed by atoms with E-state index < -0.39 is 0 Å². The Hall–Kier alpha value is -0.160. The Bertz CT molecular complexity index is 181. The molecule has 0 aromatic carbocycles. The summed E-state index contributed by atoms with van der Waals surface area (Å²) >= 11 is 0. The van der Waals surface area contributed by atoms with Crippen LogP contribution in [0.4, 0.5) is 0 Å². The van der Waals surface area contributed by atoms with Crippen LogP contribution in [0.15, 0.2) is 0 Å². The first-order valence-electron chi connectivity index (χ1n) is 5.92. The van der Waals surface area contributed by atoms with E-state index in [0.29, 0.717) is 13.2 Å². The maximum atomic E-state index is 9.83. The van der Waals surface area contributed by atoms with Gasteiger partial charge in [0.25, 0.3) is 0 Å². The predicted molar refractivity (Wildman–Crippen MR) is 56.8 cm³/mol. The molecule has 0 radical (unpaired) electrons. The molecule has 2 fully saturated rings. The topological polar surface area (TPSA) is 41.9 Å². The molecule has 0 aromatic rings. The average molecular weight is 215 g/mol. The number of nitrogens with zero attached hydrogens (tertiary/aromatic N) is 1. The van der Waals surface area contributed by atoms with Gasteiger partial charge in [-0.05, 0) is 12.8 Å². The standard InChI is InChI=1S/C11H21NO3/c13-11-2-6-15-9-10(11)8-12-3-1-5-14-7-4-12/h10-11,13H,1-9H2. The lowest BCUT2D eigenvalue weighted by molar-refractivity contribution is -0.0465. The third-order valence-corrected chi connectivity index (χ3v) is 3.24. The van der Waals surface area contributed by atoms with Gasteiger partial charge in [-0.25, -0.2) is 0 Å². The van der Waals surface area contributed by atoms with Gasteiger partial charge in [0.1, 0.15) is 0 Å². The lowest BCUT2D eigenvalue weighted by Gasteiger charge is -2.32. The van der Waals surface area contributed by atoms with E-state index in [1.807, 2.05) is 0 Å². The molecule has 0 saturated carbocycles. The van der Waals surface area contributed by atoms with Crippen LogP contribution >= 0.6 is 0 Å². The van der Waals surface area contributed by atoms with Gasteiger partial charge in [0.15, 0.2) is 0 Å². The fraction of sp³-hybridized carbons (Fsp3) is 1.00. The Kier molecular flexibility index (Phi) is 4.38. The number of hydrogen-bond donors (Lipinski definition) is 1. The Morgan fingerprint density at radius 1 is 1.13 bits per heavy atom. The number of aliphatic hydroxyl groups is 1. The molecule has 0 amide bonds. The van der Waals surface area contributed by atoms with Crippen molar-refractivity contribution in [1.29, 1.82) is 0 Å². The van der Waals surface area contributed by atoms with Crippen molar-refractivity contribution < 1.29 is 14.6 Å². The fourth-order valence-electron chi connectivity index (χ4n) is 2.27. The zero-order valence-corrected chi connectivity index (χ0v) is 9.23. The summed E-state index contributed by atoms with van der Waals surface area (Å²) in [6, 6.07) is 0. The highest BCUT2D eigenvalue weighted by atomic mass is 16.5. The van der Waals surface area contributed by atoms with E-state index in [0.717, 1.165) is 45.7 Å². The minimum Gasteiger partial charge on any atom is -0.393 e. The monoisotopic (exact) mass is 215 g/mol. The van der Waals surface area contributed by atoms with Gasteiger partial charge in [-0.1, -0.05) is 0 Å². The van der Waals surface area contributed by atoms with Gasteiger partial charge in [0.05, 0.1) is 19.3 Å². The highest BCUT2D eigenvalue weighted by Crippen LogP contribution is 2.16. The normalized spacial score (nSPS) is 35.0. The summed E-state index contributed by atoms with van der Waals surface area (Å²) in [5.41, 5.74) is 0. The van der Waals surface area contributed by atoms with E-state index >= 15 is 0 Å². The third-order valence-electron chi connectivity index (χ3n) is 3.24. The first-order valence-corrected chi connectivity index (χ1v) is 5.92. The smallest absolute Gasteiger partial charge is 0.0624 e. The maximum absolute atomic E-state index is 9.83. The van der Waals surface area contributed by atoms with E-state index in [-0.39, 0.29) is 12.0 Å². The molecule has 1 N–H and O–H groups in total. The van der Waals surface area contributed by atoms with Crippen molar-refractivity contribution in [2.24, 2.45) is 5.92 Å². The molecule has 4 heteroatoms. The van der Waals surface area contributed by atoms with Crippen LogP contribution in [0.2, 0.25) is 0 Å². The fourth-order valence-corrected chi connectivity index (χ4v) is 2.27. The van der Waals surface area contributed by atoms with Gasteiger partial charge in [-0.15, -0.1) is 0 Å². The van der Waals surface area contributed by atoms with Gasteiger partial charge in [-0.3, -0.25) is 0 Å². The van der Waals surface area contributed by atoms with Crippen molar-refractivity contribution >= 4 is 0 Å². The second-order valence-electron chi connectivity index (χ2n) is 4.46. The molecule has 88 valence electrons. The third kappa shape index (κ3) is 3.41. The van der Waals surface area contributed by atoms with Crippen LogP contribution in [-0.2, 0) is 9.47 Å². The molecular weight excluding hydrogens is 194 g/mol. The molecule has 15 heavy (non-hydrogen) atoms. The minimum absolute atomic E-state index is 0.178. The van der Waals surface area contributed by atoms with Crippen molar-refractivity contribution in [3.63, 3.8) is 0 Å². The summed E-state index contributed by atoms with van der Waals surface area (Å²) < 4.78 is 10.8. The van der Waals surface area contributed by atoms with E-state index in [2.05, 4.69) is 4.90 Å². The van der Waals surface area contributed by atoms with Crippen LogP contribution in [0.1, 0.15) is 12.8 Å². The largest absolute Gasteiger partial charge is 0.393 e. The van der Waals surface area contributed by atoms with E-state index in [9.17, 15) is 5.11 Å². The Labute approximate surface area is 91.2 Å². The van der Waals surface area contributed by atoms with Crippen molar-refractivity contribution in [1.82, 2.24) is 4.90 Å². The Morgan fingerprint density at radius 3 is 2.93 bits per heavy atom. The summed E-state index contributed by atoms with van der Waals surface area (Å²) in [6.45, 7) is 6.14. The van der Waals surface area contributed by atoms with Crippen LogP contribution in [0.25, 0.3) is 0 Å². The SMILES string of the molecule is OC1CCOCC1CN1CCCOCC1. The first kappa shape index (κ1) is 11.3. The predicted octanol–water partition coefficient (Wildman–Crippen LogP) is 0.106. The molecule has 2 saturated heterocycles. The van der Waals surface area contributed by atoms with Gasteiger partial charge in [0.2, 0.25) is 0 Å². The molecule has 2 aliphatic rings. The Balaban J connectivity index is 1.78. The van der Waals surface area contributed by atoms with Crippen LogP contribution < -0.4 is 0 Å². The average Bonchev–Trinajstić information content (AvgIpc) is 2.50. The summed E-state index contributed by atoms with van der Waals surface area (Å²) in [5, 5.41) is 9.83. The summed E-state index contributed by atoms with van der Waals surface area (Å²) in [5.74, 6) is 0.289. The second-order valence-corrected chi connectivity index (χ2v) is 4.46. The van der Waals surface area contributed by atoms with Crippen molar-refractivity contribution in [3.8, 4) is 0 Å². The number of rotatable bonds is 2. The zero-order chi connectivity index (χ0) is 10.5. The summed E-state index contributed by atoms with van der Waals surface area (Å²) in [7, 11) is 0. The van der Waals surface area contributed by atoms with Crippen LogP contribution in [0.3, 0.4) is 0 Å². The molecule has 2 atom stereocenters. The number of hydrogen-bond acceptors (Lipinski definition) is 4. The first-order chi connectivity index (χ1) is 7.36. The van der Waals surface area contributed by atoms with Gasteiger partial charge in [0, 0.05) is 38.8 Å². The van der Waals surface area contributed by atoms with E-state index in [4.69, 9.17) is 9.47 Å². The maximum Gasteiger partial charge on any atom is 0.0624 e. The molecule has 2 unspecified atom stereocenters. The second kappa shape index (κ2) is 5.80. The highest BCUT2D eigenvalue weighted by molar-refractivity contribution is 4.76. The Morgan fingerprint density at radius 2 is 2.07 bits per heavy atom. The molecule has 4 nitrogen and oxygen atoms in total. The summed E-state index contributed by atoms with van der Waals surface area (Å²) in [6.07, 6.45) is 1.71. The zero-order valence-electron chi connectivity index (χ0n) is 9.23. The lowest BCUT2D eigenvalue weighted by atomic mass is 9.98. The minimum atomic E-state index is -0.178.